The van der Waals surface area contributed by atoms with Gasteiger partial charge >= 0.3 is 0 Å². The molecule has 2 heterocycles. The third kappa shape index (κ3) is 3.34. The van der Waals surface area contributed by atoms with E-state index in [1.807, 2.05) is 0 Å². The molecule has 0 aliphatic heterocycles. The minimum atomic E-state index is -0.187. The first-order valence-electron chi connectivity index (χ1n) is 7.73. The average molecular weight is 332 g/mol. The molecule has 7 heteroatoms. The van der Waals surface area contributed by atoms with E-state index in [1.54, 1.807) is 25.3 Å². The lowest BCUT2D eigenvalue weighted by molar-refractivity contribution is -0.115. The Kier molecular flexibility index (Phi) is 4.30. The topological polar surface area (TPSA) is 76.9 Å². The Bertz CT molecular complexity index is 809. The van der Waals surface area contributed by atoms with Crippen molar-refractivity contribution in [2.24, 2.45) is 13.0 Å². The van der Waals surface area contributed by atoms with E-state index in [0.717, 1.165) is 25.0 Å². The Balaban J connectivity index is 1.71. The van der Waals surface area contributed by atoms with Crippen molar-refractivity contribution in [3.63, 3.8) is 0 Å². The molecule has 23 heavy (non-hydrogen) atoms. The van der Waals surface area contributed by atoms with Gasteiger partial charge in [0.2, 0.25) is 5.91 Å². The molecule has 1 aliphatic carbocycles. The second kappa shape index (κ2) is 6.23. The summed E-state index contributed by atoms with van der Waals surface area (Å²) in [6.07, 6.45) is 4.71. The molecule has 3 rings (SSSR count). The van der Waals surface area contributed by atoms with E-state index >= 15 is 0 Å². The molecular formula is C16H20N4O2S. The summed E-state index contributed by atoms with van der Waals surface area (Å²) in [5, 5.41) is 3.49. The van der Waals surface area contributed by atoms with Gasteiger partial charge in [-0.25, -0.2) is 9.97 Å². The van der Waals surface area contributed by atoms with E-state index in [1.165, 1.54) is 15.8 Å². The van der Waals surface area contributed by atoms with Crippen molar-refractivity contribution in [1.29, 1.82) is 0 Å². The number of nitrogens with zero attached hydrogens (tertiary/aromatic N) is 3. The van der Waals surface area contributed by atoms with Crippen LogP contribution in [0.2, 0.25) is 0 Å². The fourth-order valence-corrected chi connectivity index (χ4v) is 3.97. The smallest absolute Gasteiger partial charge is 0.256 e. The van der Waals surface area contributed by atoms with Crippen LogP contribution in [0, 0.1) is 12.8 Å². The Hall–Kier alpha value is -2.02. The van der Waals surface area contributed by atoms with Crippen LogP contribution in [-0.4, -0.2) is 20.4 Å². The van der Waals surface area contributed by atoms with Crippen molar-refractivity contribution >= 4 is 22.4 Å². The van der Waals surface area contributed by atoms with Crippen LogP contribution in [0.3, 0.4) is 0 Å². The number of anilines is 1. The van der Waals surface area contributed by atoms with Crippen molar-refractivity contribution in [3.05, 3.63) is 38.5 Å². The van der Waals surface area contributed by atoms with Crippen LogP contribution in [0.1, 0.15) is 35.2 Å². The SMILES string of the molecule is Cc1c(CC(=O)Nc2nc3c(s2)CC(C)CC3)ncn(C)c1=O. The van der Waals surface area contributed by atoms with Gasteiger partial charge in [-0.3, -0.25) is 9.59 Å². The molecule has 1 N–H and O–H groups in total. The summed E-state index contributed by atoms with van der Waals surface area (Å²) < 4.78 is 1.41. The molecular weight excluding hydrogens is 312 g/mol. The lowest BCUT2D eigenvalue weighted by Crippen LogP contribution is -2.24. The molecule has 2 aromatic heterocycles. The van der Waals surface area contributed by atoms with Crippen LogP contribution in [0.4, 0.5) is 5.13 Å². The minimum absolute atomic E-state index is 0.0859. The van der Waals surface area contributed by atoms with Crippen molar-refractivity contribution in [2.45, 2.75) is 39.5 Å². The van der Waals surface area contributed by atoms with Crippen LogP contribution in [0.5, 0.6) is 0 Å². The van der Waals surface area contributed by atoms with Gasteiger partial charge in [-0.2, -0.15) is 0 Å². The molecule has 0 saturated carbocycles. The third-order valence-corrected chi connectivity index (χ3v) is 5.26. The molecule has 1 atom stereocenters. The molecule has 0 radical (unpaired) electrons. The summed E-state index contributed by atoms with van der Waals surface area (Å²) in [7, 11) is 1.65. The maximum atomic E-state index is 12.2. The number of rotatable bonds is 3. The Labute approximate surface area is 138 Å². The normalized spacial score (nSPS) is 16.9. The highest BCUT2D eigenvalue weighted by Crippen LogP contribution is 2.32. The van der Waals surface area contributed by atoms with E-state index in [-0.39, 0.29) is 17.9 Å². The Morgan fingerprint density at radius 1 is 1.52 bits per heavy atom. The number of fused-ring (bicyclic) bond motifs is 1. The van der Waals surface area contributed by atoms with E-state index in [0.29, 0.717) is 22.3 Å². The summed E-state index contributed by atoms with van der Waals surface area (Å²) in [5.74, 6) is 0.492. The standard InChI is InChI=1S/C16H20N4O2S/c1-9-4-5-11-13(6-9)23-16(18-11)19-14(21)7-12-10(2)15(22)20(3)8-17-12/h8-9H,4-7H2,1-3H3,(H,18,19,21). The number of nitrogens with one attached hydrogen (secondary N) is 1. The largest absolute Gasteiger partial charge is 0.302 e. The zero-order valence-corrected chi connectivity index (χ0v) is 14.4. The Morgan fingerprint density at radius 2 is 2.30 bits per heavy atom. The number of aryl methyl sites for hydroxylation is 2. The number of aromatic nitrogens is 3. The number of hydrogen-bond donors (Lipinski definition) is 1. The second-order valence-corrected chi connectivity index (χ2v) is 7.28. The summed E-state index contributed by atoms with van der Waals surface area (Å²) in [6.45, 7) is 3.94. The maximum Gasteiger partial charge on any atom is 0.256 e. The maximum absolute atomic E-state index is 12.2. The summed E-state index contributed by atoms with van der Waals surface area (Å²) in [4.78, 5) is 34.1. The lowest BCUT2D eigenvalue weighted by Gasteiger charge is -2.15. The number of hydrogen-bond acceptors (Lipinski definition) is 5. The Morgan fingerprint density at radius 3 is 3.09 bits per heavy atom. The molecule has 6 nitrogen and oxygen atoms in total. The third-order valence-electron chi connectivity index (χ3n) is 4.22. The molecule has 122 valence electrons. The van der Waals surface area contributed by atoms with Gasteiger partial charge in [-0.05, 0) is 32.1 Å². The van der Waals surface area contributed by atoms with Crippen LogP contribution in [-0.2, 0) is 31.1 Å². The molecule has 1 aliphatic rings. The molecule has 0 fully saturated rings. The fraction of sp³-hybridized carbons (Fsp3) is 0.500. The van der Waals surface area contributed by atoms with E-state index in [4.69, 9.17) is 0 Å². The quantitative estimate of drug-likeness (QED) is 0.930. The van der Waals surface area contributed by atoms with Gasteiger partial charge in [0.15, 0.2) is 5.13 Å². The monoisotopic (exact) mass is 332 g/mol. The lowest BCUT2D eigenvalue weighted by atomic mass is 9.93. The van der Waals surface area contributed by atoms with E-state index in [2.05, 4.69) is 22.2 Å². The zero-order valence-electron chi connectivity index (χ0n) is 13.5. The van der Waals surface area contributed by atoms with Crippen molar-refractivity contribution in [1.82, 2.24) is 14.5 Å². The molecule has 0 saturated heterocycles. The number of carbonyl (C=O) groups excluding carboxylic acids is 1. The number of carbonyl (C=O) groups is 1. The summed E-state index contributed by atoms with van der Waals surface area (Å²) in [6, 6.07) is 0. The fourth-order valence-electron chi connectivity index (χ4n) is 2.78. The average Bonchev–Trinajstić information content (AvgIpc) is 2.89. The van der Waals surface area contributed by atoms with Gasteiger partial charge in [-0.15, -0.1) is 11.3 Å². The molecule has 0 bridgehead atoms. The van der Waals surface area contributed by atoms with Crippen LogP contribution in [0.25, 0.3) is 0 Å². The van der Waals surface area contributed by atoms with Gasteiger partial charge in [0, 0.05) is 17.5 Å². The highest BCUT2D eigenvalue weighted by atomic mass is 32.1. The highest BCUT2D eigenvalue weighted by Gasteiger charge is 2.20. The first-order valence-corrected chi connectivity index (χ1v) is 8.55. The second-order valence-electron chi connectivity index (χ2n) is 6.19. The van der Waals surface area contributed by atoms with Crippen LogP contribution in [0.15, 0.2) is 11.1 Å². The molecule has 0 spiro atoms. The van der Waals surface area contributed by atoms with Crippen molar-refractivity contribution in [3.8, 4) is 0 Å². The summed E-state index contributed by atoms with van der Waals surface area (Å²) in [5.41, 5.74) is 2.02. The molecule has 2 aromatic rings. The van der Waals surface area contributed by atoms with E-state index < -0.39 is 0 Å². The van der Waals surface area contributed by atoms with E-state index in [9.17, 15) is 9.59 Å². The first kappa shape index (κ1) is 15.9. The molecule has 0 aromatic carbocycles. The highest BCUT2D eigenvalue weighted by molar-refractivity contribution is 7.15. The van der Waals surface area contributed by atoms with Gasteiger partial charge in [-0.1, -0.05) is 6.92 Å². The van der Waals surface area contributed by atoms with Gasteiger partial charge < -0.3 is 9.88 Å². The van der Waals surface area contributed by atoms with Crippen LogP contribution >= 0.6 is 11.3 Å². The summed E-state index contributed by atoms with van der Waals surface area (Å²) >= 11 is 1.56. The van der Waals surface area contributed by atoms with Crippen molar-refractivity contribution < 1.29 is 4.79 Å². The van der Waals surface area contributed by atoms with Gasteiger partial charge in [0.25, 0.3) is 5.56 Å². The predicted molar refractivity (Wildman–Crippen MR) is 89.9 cm³/mol. The molecule has 1 amide bonds. The number of thiazole rings is 1. The van der Waals surface area contributed by atoms with Gasteiger partial charge in [0.05, 0.1) is 24.1 Å². The number of amides is 1. The van der Waals surface area contributed by atoms with Crippen molar-refractivity contribution in [2.75, 3.05) is 5.32 Å². The molecule has 1 unspecified atom stereocenters. The minimum Gasteiger partial charge on any atom is -0.302 e. The van der Waals surface area contributed by atoms with Gasteiger partial charge in [0.1, 0.15) is 0 Å². The van der Waals surface area contributed by atoms with Crippen LogP contribution < -0.4 is 10.9 Å². The zero-order chi connectivity index (χ0) is 16.6. The predicted octanol–water partition coefficient (Wildman–Crippen LogP) is 1.85. The first-order chi connectivity index (χ1) is 10.9.